The van der Waals surface area contributed by atoms with Crippen LogP contribution in [0.25, 0.3) is 0 Å². The van der Waals surface area contributed by atoms with Crippen molar-refractivity contribution in [3.05, 3.63) is 0 Å². The lowest BCUT2D eigenvalue weighted by Crippen LogP contribution is -2.41. The molecule has 1 unspecified atom stereocenters. The Kier molecular flexibility index (Phi) is 11.8. The summed E-state index contributed by atoms with van der Waals surface area (Å²) in [6, 6.07) is 0. The maximum Gasteiger partial charge on any atom is 0.456 e. The summed E-state index contributed by atoms with van der Waals surface area (Å²) >= 11 is 0. The maximum absolute atomic E-state index is 12.7. The van der Waals surface area contributed by atoms with Crippen LogP contribution < -0.4 is 0 Å². The van der Waals surface area contributed by atoms with Crippen molar-refractivity contribution in [2.24, 2.45) is 16.7 Å². The lowest BCUT2D eigenvalue weighted by Gasteiger charge is -2.37. The molecule has 0 aliphatic carbocycles. The summed E-state index contributed by atoms with van der Waals surface area (Å²) < 4.78 is 75.4. The predicted octanol–water partition coefficient (Wildman–Crippen LogP) is 5.47. The molecular weight excluding hydrogens is 455 g/mol. The summed E-state index contributed by atoms with van der Waals surface area (Å²) in [5.41, 5.74) is -0.370. The van der Waals surface area contributed by atoms with Gasteiger partial charge in [-0.3, -0.25) is 14.4 Å². The zero-order valence-corrected chi connectivity index (χ0v) is 20.1. The Morgan fingerprint density at radius 3 is 1.70 bits per heavy atom. The number of esters is 3. The molecule has 0 rings (SSSR count). The number of carbonyl (C=O) groups excluding carboxylic acids is 3. The Bertz CT molecular complexity index is 658. The van der Waals surface area contributed by atoms with Crippen LogP contribution in [0.3, 0.4) is 0 Å². The molecule has 6 nitrogen and oxygen atoms in total. The van der Waals surface area contributed by atoms with Crippen molar-refractivity contribution in [1.29, 1.82) is 0 Å². The number of halogens is 5. The molecule has 0 saturated carbocycles. The van der Waals surface area contributed by atoms with Gasteiger partial charge in [0.1, 0.15) is 13.2 Å². The molecule has 0 aromatic rings. The number of rotatable bonds is 14. The highest BCUT2D eigenvalue weighted by Gasteiger charge is 2.58. The molecule has 0 fully saturated rings. The van der Waals surface area contributed by atoms with Crippen molar-refractivity contribution in [2.45, 2.75) is 85.7 Å². The Balaban J connectivity index is 4.45. The summed E-state index contributed by atoms with van der Waals surface area (Å²) in [5, 5.41) is 0. The third kappa shape index (κ3) is 11.2. The predicted molar refractivity (Wildman–Crippen MR) is 109 cm³/mol. The molecule has 0 aromatic carbocycles. The first-order valence-electron chi connectivity index (χ1n) is 10.8. The van der Waals surface area contributed by atoms with Gasteiger partial charge < -0.3 is 14.2 Å². The lowest BCUT2D eigenvalue weighted by molar-refractivity contribution is -0.294. The fraction of sp³-hybridized carbons (Fsp3) is 0.864. The van der Waals surface area contributed by atoms with Gasteiger partial charge in [0, 0.05) is 0 Å². The van der Waals surface area contributed by atoms with Gasteiger partial charge in [0.05, 0.1) is 18.8 Å². The van der Waals surface area contributed by atoms with Crippen molar-refractivity contribution < 1.29 is 50.5 Å². The van der Waals surface area contributed by atoms with E-state index in [2.05, 4.69) is 18.6 Å². The average Bonchev–Trinajstić information content (AvgIpc) is 2.71. The summed E-state index contributed by atoms with van der Waals surface area (Å²) in [6.07, 6.45) is -4.90. The van der Waals surface area contributed by atoms with E-state index in [0.717, 1.165) is 12.8 Å². The van der Waals surface area contributed by atoms with Gasteiger partial charge in [-0.05, 0) is 17.3 Å². The first-order valence-corrected chi connectivity index (χ1v) is 10.8. The molecule has 0 saturated heterocycles. The van der Waals surface area contributed by atoms with Crippen LogP contribution in [0.4, 0.5) is 22.0 Å². The van der Waals surface area contributed by atoms with Gasteiger partial charge in [-0.25, -0.2) is 0 Å². The van der Waals surface area contributed by atoms with E-state index in [4.69, 9.17) is 9.47 Å². The Labute approximate surface area is 191 Å². The van der Waals surface area contributed by atoms with Crippen LogP contribution in [0.15, 0.2) is 0 Å². The van der Waals surface area contributed by atoms with E-state index in [9.17, 15) is 36.3 Å². The highest BCUT2D eigenvalue weighted by atomic mass is 19.4. The first-order chi connectivity index (χ1) is 14.9. The van der Waals surface area contributed by atoms with Crippen LogP contribution in [0, 0.1) is 16.7 Å². The normalized spacial score (nSPS) is 13.9. The van der Waals surface area contributed by atoms with Crippen LogP contribution in [-0.2, 0) is 28.6 Å². The molecule has 0 radical (unpaired) electrons. The number of hydrogen-bond donors (Lipinski definition) is 0. The van der Waals surface area contributed by atoms with E-state index in [1.807, 2.05) is 27.7 Å². The minimum Gasteiger partial charge on any atom is -0.462 e. The summed E-state index contributed by atoms with van der Waals surface area (Å²) in [7, 11) is 0. The van der Waals surface area contributed by atoms with Crippen molar-refractivity contribution >= 4 is 17.9 Å². The molecule has 0 aromatic heterocycles. The molecule has 11 heteroatoms. The van der Waals surface area contributed by atoms with Crippen molar-refractivity contribution in [2.75, 3.05) is 19.8 Å². The van der Waals surface area contributed by atoms with Crippen LogP contribution in [-0.4, -0.2) is 49.8 Å². The molecule has 0 heterocycles. The monoisotopic (exact) mass is 490 g/mol. The zero-order chi connectivity index (χ0) is 26.1. The standard InChI is InChI=1S/C22H35F5O6/c1-7-19(3,4)13-15(20(5,6)8-2)18(30)32-12-11-31-16(28)9-10-17(29)33-14-21(23,24)22(25,26)27/h15H,7-14H2,1-6H3. The minimum atomic E-state index is -5.85. The fourth-order valence-electron chi connectivity index (χ4n) is 2.62. The van der Waals surface area contributed by atoms with E-state index in [1.54, 1.807) is 0 Å². The smallest absolute Gasteiger partial charge is 0.456 e. The van der Waals surface area contributed by atoms with Crippen molar-refractivity contribution in [1.82, 2.24) is 0 Å². The largest absolute Gasteiger partial charge is 0.462 e. The minimum absolute atomic E-state index is 0.0682. The molecular formula is C22H35F5O6. The van der Waals surface area contributed by atoms with Crippen LogP contribution in [0.1, 0.15) is 73.6 Å². The Morgan fingerprint density at radius 2 is 1.24 bits per heavy atom. The highest BCUT2D eigenvalue weighted by molar-refractivity contribution is 5.77. The average molecular weight is 491 g/mol. The molecule has 33 heavy (non-hydrogen) atoms. The van der Waals surface area contributed by atoms with Crippen molar-refractivity contribution in [3.8, 4) is 0 Å². The zero-order valence-electron chi connectivity index (χ0n) is 20.1. The van der Waals surface area contributed by atoms with Gasteiger partial charge in [0.25, 0.3) is 0 Å². The number of hydrogen-bond acceptors (Lipinski definition) is 6. The number of ether oxygens (including phenoxy) is 3. The summed E-state index contributed by atoms with van der Waals surface area (Å²) in [6.45, 7) is 9.45. The maximum atomic E-state index is 12.7. The van der Waals surface area contributed by atoms with Gasteiger partial charge in [-0.2, -0.15) is 22.0 Å². The second-order valence-electron chi connectivity index (χ2n) is 9.37. The van der Waals surface area contributed by atoms with Crippen LogP contribution in [0.5, 0.6) is 0 Å². The van der Waals surface area contributed by atoms with E-state index in [1.165, 1.54) is 0 Å². The second-order valence-corrected chi connectivity index (χ2v) is 9.37. The van der Waals surface area contributed by atoms with E-state index in [-0.39, 0.29) is 30.0 Å². The first kappa shape index (κ1) is 31.1. The third-order valence-electron chi connectivity index (χ3n) is 5.81. The number of carbonyl (C=O) groups is 3. The van der Waals surface area contributed by atoms with Gasteiger partial charge in [0.15, 0.2) is 6.61 Å². The molecule has 0 amide bonds. The van der Waals surface area contributed by atoms with Crippen molar-refractivity contribution in [3.63, 3.8) is 0 Å². The summed E-state index contributed by atoms with van der Waals surface area (Å²) in [4.78, 5) is 35.6. The summed E-state index contributed by atoms with van der Waals surface area (Å²) in [5.74, 6) is -8.26. The molecule has 1 atom stereocenters. The Hall–Kier alpha value is -1.94. The SMILES string of the molecule is CCC(C)(C)CC(C(=O)OCCOC(=O)CCC(=O)OCC(F)(F)C(F)(F)F)C(C)(C)CC. The Morgan fingerprint density at radius 1 is 0.758 bits per heavy atom. The quantitative estimate of drug-likeness (QED) is 0.139. The second kappa shape index (κ2) is 12.5. The van der Waals surface area contributed by atoms with Gasteiger partial charge in [-0.1, -0.05) is 54.4 Å². The van der Waals surface area contributed by atoms with E-state index < -0.39 is 49.5 Å². The van der Waals surface area contributed by atoms with Gasteiger partial charge in [-0.15, -0.1) is 0 Å². The molecule has 0 aliphatic rings. The topological polar surface area (TPSA) is 78.9 Å². The van der Waals surface area contributed by atoms with Gasteiger partial charge in [0.2, 0.25) is 0 Å². The highest BCUT2D eigenvalue weighted by Crippen LogP contribution is 2.41. The fourth-order valence-corrected chi connectivity index (χ4v) is 2.62. The molecule has 194 valence electrons. The lowest BCUT2D eigenvalue weighted by atomic mass is 9.68. The van der Waals surface area contributed by atoms with E-state index >= 15 is 0 Å². The molecule has 0 spiro atoms. The number of alkyl halides is 5. The third-order valence-corrected chi connectivity index (χ3v) is 5.81. The van der Waals surface area contributed by atoms with Gasteiger partial charge >= 0.3 is 30.0 Å². The molecule has 0 N–H and O–H groups in total. The van der Waals surface area contributed by atoms with Crippen LogP contribution >= 0.6 is 0 Å². The molecule has 0 bridgehead atoms. The van der Waals surface area contributed by atoms with E-state index in [0.29, 0.717) is 6.42 Å². The van der Waals surface area contributed by atoms with Crippen LogP contribution in [0.2, 0.25) is 0 Å². The molecule has 0 aliphatic heterocycles.